The van der Waals surface area contributed by atoms with E-state index in [1.54, 1.807) is 38.9 Å². The van der Waals surface area contributed by atoms with Crippen LogP contribution >= 0.6 is 0 Å². The minimum absolute atomic E-state index is 0.0631. The minimum atomic E-state index is 0.0631. The molecule has 4 rings (SSSR count). The molecule has 0 radical (unpaired) electrons. The zero-order chi connectivity index (χ0) is 20.4. The van der Waals surface area contributed by atoms with Gasteiger partial charge in [-0.2, -0.15) is 4.99 Å². The smallest absolute Gasteiger partial charge is 0.287 e. The number of amidine groups is 1. The molecular weight excluding hydrogens is 370 g/mol. The van der Waals surface area contributed by atoms with Gasteiger partial charge in [0.25, 0.3) is 11.8 Å². The van der Waals surface area contributed by atoms with Crippen LogP contribution in [0.2, 0.25) is 0 Å². The number of aliphatic imine (C=N–C) groups is 2. The van der Waals surface area contributed by atoms with Gasteiger partial charge in [0, 0.05) is 44.0 Å². The van der Waals surface area contributed by atoms with Crippen molar-refractivity contribution >= 4 is 35.2 Å². The normalized spacial score (nSPS) is 19.3. The zero-order valence-corrected chi connectivity index (χ0v) is 16.7. The van der Waals surface area contributed by atoms with Crippen LogP contribution in [0.4, 0.5) is 17.2 Å². The third kappa shape index (κ3) is 3.43. The van der Waals surface area contributed by atoms with Gasteiger partial charge < -0.3 is 19.7 Å². The number of ether oxygens (including phenoxy) is 2. The third-order valence-corrected chi connectivity index (χ3v) is 4.57. The van der Waals surface area contributed by atoms with Gasteiger partial charge in [0.1, 0.15) is 23.5 Å². The molecule has 0 spiro atoms. The van der Waals surface area contributed by atoms with Gasteiger partial charge in [0.2, 0.25) is 0 Å². The summed E-state index contributed by atoms with van der Waals surface area (Å²) in [6, 6.07) is 9.45. The molecule has 0 fully saturated rings. The maximum atomic E-state index is 5.33. The highest BCUT2D eigenvalue weighted by molar-refractivity contribution is 6.38. The highest BCUT2D eigenvalue weighted by Gasteiger charge is 2.43. The topological polar surface area (TPSA) is 83.7 Å². The van der Waals surface area contributed by atoms with Crippen LogP contribution in [0.3, 0.4) is 0 Å². The maximum Gasteiger partial charge on any atom is 0.287 e. The van der Waals surface area contributed by atoms with Crippen molar-refractivity contribution in [2.45, 2.75) is 0 Å². The summed E-state index contributed by atoms with van der Waals surface area (Å²) in [5.41, 5.74) is 1.61. The highest BCUT2D eigenvalue weighted by Crippen LogP contribution is 2.32. The van der Waals surface area contributed by atoms with E-state index < -0.39 is 0 Å². The third-order valence-electron chi connectivity index (χ3n) is 4.57. The van der Waals surface area contributed by atoms with E-state index in [4.69, 9.17) is 14.6 Å². The SMILES string of the molecule is COc1cc(NC2=N[N+]3(c4ccc(N(C)C)nc4)C=CN=CC3=N2)cc(OC)c1. The standard InChI is InChI=1S/C20H22N7O2/c1-26(2)18-6-5-15(12-22-18)27-8-7-21-13-19(27)24-20(25-27)23-14-9-16(28-3)11-17(10-14)29-4/h5-13H,1-4H3,(H,23,25)/q+1. The largest absolute Gasteiger partial charge is 0.497 e. The molecule has 9 nitrogen and oxygen atoms in total. The summed E-state index contributed by atoms with van der Waals surface area (Å²) in [6.45, 7) is 0. The lowest BCUT2D eigenvalue weighted by Gasteiger charge is -2.23. The number of quaternary nitrogens is 1. The Labute approximate surface area is 168 Å². The Morgan fingerprint density at radius 3 is 2.41 bits per heavy atom. The van der Waals surface area contributed by atoms with E-state index in [1.165, 1.54) is 0 Å². The van der Waals surface area contributed by atoms with Crippen LogP contribution in [-0.2, 0) is 0 Å². The summed E-state index contributed by atoms with van der Waals surface area (Å²) in [7, 11) is 7.12. The number of rotatable bonds is 5. The number of pyridine rings is 1. The molecule has 0 saturated carbocycles. The Morgan fingerprint density at radius 2 is 1.79 bits per heavy atom. The lowest BCUT2D eigenvalue weighted by molar-refractivity contribution is 0.395. The molecule has 29 heavy (non-hydrogen) atoms. The van der Waals surface area contributed by atoms with E-state index in [2.05, 4.69) is 20.3 Å². The molecule has 1 aromatic heterocycles. The second kappa shape index (κ2) is 7.36. The van der Waals surface area contributed by atoms with Gasteiger partial charge in [-0.3, -0.25) is 4.99 Å². The lowest BCUT2D eigenvalue weighted by atomic mass is 10.3. The van der Waals surface area contributed by atoms with Gasteiger partial charge in [-0.25, -0.2) is 4.98 Å². The van der Waals surface area contributed by atoms with E-state index >= 15 is 0 Å². The van der Waals surface area contributed by atoms with Gasteiger partial charge >= 0.3 is 0 Å². The second-order valence-electron chi connectivity index (χ2n) is 6.65. The van der Waals surface area contributed by atoms with Crippen LogP contribution < -0.4 is 24.3 Å². The Bertz CT molecular complexity index is 1020. The van der Waals surface area contributed by atoms with E-state index in [9.17, 15) is 0 Å². The fraction of sp³-hybridized carbons (Fsp3) is 0.200. The molecule has 0 bridgehead atoms. The number of fused-ring (bicyclic) bond motifs is 1. The number of nitrogens with zero attached hydrogens (tertiary/aromatic N) is 6. The first-order valence-electron chi connectivity index (χ1n) is 8.97. The average molecular weight is 392 g/mol. The van der Waals surface area contributed by atoms with Gasteiger partial charge in [0.15, 0.2) is 11.9 Å². The van der Waals surface area contributed by atoms with Crippen molar-refractivity contribution in [1.82, 2.24) is 9.58 Å². The summed E-state index contributed by atoms with van der Waals surface area (Å²) in [4.78, 5) is 15.3. The number of hydrogen-bond acceptors (Lipinski definition) is 8. The number of hydrogen-bond donors (Lipinski definition) is 1. The molecule has 0 amide bonds. The summed E-state index contributed by atoms with van der Waals surface area (Å²) in [5.74, 6) is 3.33. The maximum absolute atomic E-state index is 5.33. The second-order valence-corrected chi connectivity index (χ2v) is 6.65. The number of benzene rings is 1. The summed E-state index contributed by atoms with van der Waals surface area (Å²) in [6.07, 6.45) is 7.07. The van der Waals surface area contributed by atoms with Gasteiger partial charge in [-0.1, -0.05) is 4.59 Å². The predicted octanol–water partition coefficient (Wildman–Crippen LogP) is 2.82. The van der Waals surface area contributed by atoms with Gasteiger partial charge in [-0.05, 0) is 11.2 Å². The minimum Gasteiger partial charge on any atom is -0.497 e. The van der Waals surface area contributed by atoms with Crippen molar-refractivity contribution in [3.05, 3.63) is 48.9 Å². The predicted molar refractivity (Wildman–Crippen MR) is 116 cm³/mol. The number of nitrogens with one attached hydrogen (secondary N) is 1. The molecule has 9 heteroatoms. The Kier molecular flexibility index (Phi) is 4.73. The summed E-state index contributed by atoms with van der Waals surface area (Å²) >= 11 is 0. The number of guanidine groups is 1. The van der Waals surface area contributed by atoms with Crippen molar-refractivity contribution in [2.24, 2.45) is 15.1 Å². The van der Waals surface area contributed by atoms with Crippen LogP contribution in [0.25, 0.3) is 0 Å². The fourth-order valence-electron chi connectivity index (χ4n) is 3.06. The van der Waals surface area contributed by atoms with Crippen molar-refractivity contribution in [1.29, 1.82) is 0 Å². The molecule has 2 aromatic rings. The van der Waals surface area contributed by atoms with Crippen LogP contribution in [0, 0.1) is 0 Å². The lowest BCUT2D eigenvalue weighted by Crippen LogP contribution is -2.44. The fourth-order valence-corrected chi connectivity index (χ4v) is 3.06. The average Bonchev–Trinajstić information content (AvgIpc) is 3.12. The van der Waals surface area contributed by atoms with Crippen molar-refractivity contribution in [2.75, 3.05) is 38.5 Å². The number of anilines is 2. The van der Waals surface area contributed by atoms with Gasteiger partial charge in [-0.15, -0.1) is 0 Å². The van der Waals surface area contributed by atoms with Crippen molar-refractivity contribution in [3.63, 3.8) is 0 Å². The molecule has 148 valence electrons. The van der Waals surface area contributed by atoms with Gasteiger partial charge in [0.05, 0.1) is 26.6 Å². The number of aromatic nitrogens is 1. The molecule has 1 aromatic carbocycles. The molecule has 3 heterocycles. The number of methoxy groups -OCH3 is 2. The first-order valence-corrected chi connectivity index (χ1v) is 8.97. The Morgan fingerprint density at radius 1 is 1.03 bits per heavy atom. The van der Waals surface area contributed by atoms with E-state index in [0.29, 0.717) is 23.3 Å². The van der Waals surface area contributed by atoms with E-state index in [0.717, 1.165) is 17.2 Å². The molecule has 1 N–H and O–H groups in total. The summed E-state index contributed by atoms with van der Waals surface area (Å²) < 4.78 is 10.7. The van der Waals surface area contributed by atoms with Crippen molar-refractivity contribution in [3.8, 4) is 11.5 Å². The Hall–Kier alpha value is -3.72. The van der Waals surface area contributed by atoms with E-state index in [1.807, 2.05) is 49.5 Å². The molecule has 0 aliphatic carbocycles. The molecule has 1 atom stereocenters. The molecule has 1 unspecified atom stereocenters. The highest BCUT2D eigenvalue weighted by atomic mass is 16.5. The van der Waals surface area contributed by atoms with Crippen LogP contribution in [0.15, 0.2) is 64.0 Å². The molecular formula is C20H22N7O2+. The summed E-state index contributed by atoms with van der Waals surface area (Å²) in [5, 5.41) is 8.05. The molecule has 2 aliphatic heterocycles. The first-order chi connectivity index (χ1) is 14.0. The van der Waals surface area contributed by atoms with Crippen LogP contribution in [0.5, 0.6) is 11.5 Å². The first kappa shape index (κ1) is 18.6. The monoisotopic (exact) mass is 392 g/mol. The van der Waals surface area contributed by atoms with Crippen molar-refractivity contribution < 1.29 is 9.47 Å². The van der Waals surface area contributed by atoms with Crippen LogP contribution in [-0.4, -0.2) is 51.3 Å². The Balaban J connectivity index is 1.70. The zero-order valence-electron chi connectivity index (χ0n) is 16.7. The molecule has 2 aliphatic rings. The van der Waals surface area contributed by atoms with E-state index in [-0.39, 0.29) is 4.59 Å². The van der Waals surface area contributed by atoms with Crippen LogP contribution in [0.1, 0.15) is 0 Å². The molecule has 0 saturated heterocycles. The quantitative estimate of drug-likeness (QED) is 0.791.